The molecule has 4 aromatic rings. The van der Waals surface area contributed by atoms with Crippen molar-refractivity contribution in [3.05, 3.63) is 87.8 Å². The maximum absolute atomic E-state index is 3.62. The van der Waals surface area contributed by atoms with Crippen LogP contribution < -0.4 is 4.90 Å². The lowest BCUT2D eigenvalue weighted by Crippen LogP contribution is -2.15. The predicted molar refractivity (Wildman–Crippen MR) is 118 cm³/mol. The minimum atomic E-state index is 1.10. The molecule has 0 amide bonds. The van der Waals surface area contributed by atoms with Crippen LogP contribution >= 0.6 is 43.6 Å². The Morgan fingerprint density at radius 3 is 1.92 bits per heavy atom. The number of nitrogens with zero attached hydrogens (tertiary/aromatic N) is 1. The molecule has 126 valence electrons. The van der Waals surface area contributed by atoms with Crippen LogP contribution in [0.2, 0.25) is 0 Å². The fraction of sp³-hybridized carbons (Fsp3) is 0. The summed E-state index contributed by atoms with van der Waals surface area (Å²) < 4.78 is 2.19. The molecule has 0 atom stereocenters. The van der Waals surface area contributed by atoms with E-state index >= 15 is 0 Å². The lowest BCUT2D eigenvalue weighted by atomic mass is 10.1. The average molecular weight is 483 g/mol. The predicted octanol–water partition coefficient (Wildman–Crippen LogP) is 8.30. The number of hydrogen-bond acceptors (Lipinski definition) is 2. The molecule has 1 aliphatic heterocycles. The van der Waals surface area contributed by atoms with Gasteiger partial charge < -0.3 is 4.90 Å². The second kappa shape index (κ2) is 6.45. The summed E-state index contributed by atoms with van der Waals surface area (Å²) >= 11 is 9.05. The van der Waals surface area contributed by atoms with E-state index in [0.29, 0.717) is 0 Å². The second-order valence-corrected chi connectivity index (χ2v) is 9.07. The van der Waals surface area contributed by atoms with Gasteiger partial charge in [0.2, 0.25) is 0 Å². The van der Waals surface area contributed by atoms with Crippen LogP contribution in [0.1, 0.15) is 0 Å². The van der Waals surface area contributed by atoms with E-state index in [1.54, 1.807) is 0 Å². The minimum Gasteiger partial charge on any atom is -0.308 e. The van der Waals surface area contributed by atoms with Gasteiger partial charge in [0.15, 0.2) is 0 Å². The van der Waals surface area contributed by atoms with E-state index in [4.69, 9.17) is 0 Å². The number of rotatable bonds is 1. The minimum absolute atomic E-state index is 1.10. The summed E-state index contributed by atoms with van der Waals surface area (Å²) in [4.78, 5) is 4.87. The lowest BCUT2D eigenvalue weighted by molar-refractivity contribution is 1.17. The van der Waals surface area contributed by atoms with E-state index in [1.165, 1.54) is 37.6 Å². The van der Waals surface area contributed by atoms with Crippen molar-refractivity contribution < 1.29 is 0 Å². The van der Waals surface area contributed by atoms with Gasteiger partial charge in [0.1, 0.15) is 0 Å². The van der Waals surface area contributed by atoms with Gasteiger partial charge >= 0.3 is 0 Å². The van der Waals surface area contributed by atoms with Gasteiger partial charge in [-0.25, -0.2) is 0 Å². The molecular weight excluding hydrogens is 470 g/mol. The highest BCUT2D eigenvalue weighted by Crippen LogP contribution is 2.53. The molecule has 0 bridgehead atoms. The van der Waals surface area contributed by atoms with Crippen LogP contribution in [0.5, 0.6) is 0 Å². The van der Waals surface area contributed by atoms with Crippen molar-refractivity contribution in [1.82, 2.24) is 0 Å². The van der Waals surface area contributed by atoms with Gasteiger partial charge in [-0.05, 0) is 47.9 Å². The Morgan fingerprint density at radius 2 is 1.23 bits per heavy atom. The van der Waals surface area contributed by atoms with Crippen LogP contribution in [-0.4, -0.2) is 0 Å². The van der Waals surface area contributed by atoms with Crippen molar-refractivity contribution in [2.75, 3.05) is 4.90 Å². The zero-order valence-corrected chi connectivity index (χ0v) is 17.6. The summed E-state index contributed by atoms with van der Waals surface area (Å²) in [6, 6.07) is 28.1. The Balaban J connectivity index is 1.83. The van der Waals surface area contributed by atoms with Gasteiger partial charge in [0.05, 0.1) is 17.1 Å². The SMILES string of the molecule is Brc1ccc2c(c1)Sc1cc(Br)ccc1N2c1cccc2ccccc12. The molecule has 0 spiro atoms. The fourth-order valence-electron chi connectivity index (χ4n) is 3.42. The van der Waals surface area contributed by atoms with Crippen LogP contribution in [0.4, 0.5) is 17.1 Å². The molecule has 0 radical (unpaired) electrons. The number of anilines is 3. The second-order valence-electron chi connectivity index (χ2n) is 6.16. The summed E-state index contributed by atoms with van der Waals surface area (Å²) in [5.74, 6) is 0. The normalized spacial score (nSPS) is 12.8. The van der Waals surface area contributed by atoms with Gasteiger partial charge in [0, 0.05) is 24.1 Å². The Morgan fingerprint density at radius 1 is 0.615 bits per heavy atom. The Hall–Kier alpha value is -1.75. The molecule has 0 saturated carbocycles. The summed E-state index contributed by atoms with van der Waals surface area (Å²) in [6.07, 6.45) is 0. The Bertz CT molecular complexity index is 1100. The van der Waals surface area contributed by atoms with E-state index in [0.717, 1.165) is 8.95 Å². The van der Waals surface area contributed by atoms with Crippen molar-refractivity contribution in [2.45, 2.75) is 9.79 Å². The highest BCUT2D eigenvalue weighted by Gasteiger charge is 2.26. The molecular formula is C22H13Br2NS. The molecule has 1 nitrogen and oxygen atoms in total. The van der Waals surface area contributed by atoms with Gasteiger partial charge in [-0.2, -0.15) is 0 Å². The Kier molecular flexibility index (Phi) is 4.07. The topological polar surface area (TPSA) is 3.24 Å². The first-order chi connectivity index (χ1) is 12.7. The summed E-state index contributed by atoms with van der Waals surface area (Å²) in [5.41, 5.74) is 3.63. The molecule has 0 saturated heterocycles. The largest absolute Gasteiger partial charge is 0.308 e. The van der Waals surface area contributed by atoms with Crippen LogP contribution in [0.15, 0.2) is 97.6 Å². The molecule has 4 heteroatoms. The average Bonchev–Trinajstić information content (AvgIpc) is 2.65. The van der Waals surface area contributed by atoms with Gasteiger partial charge in [-0.15, -0.1) is 0 Å². The first kappa shape index (κ1) is 16.4. The molecule has 26 heavy (non-hydrogen) atoms. The molecule has 5 rings (SSSR count). The molecule has 1 heterocycles. The zero-order valence-electron chi connectivity index (χ0n) is 13.6. The van der Waals surface area contributed by atoms with E-state index in [9.17, 15) is 0 Å². The standard InChI is InChI=1S/C22H13Br2NS/c23-15-8-10-19-21(12-15)26-22-13-16(24)9-11-20(22)25(19)18-7-3-5-14-4-1-2-6-17(14)18/h1-13H. The summed E-state index contributed by atoms with van der Waals surface area (Å²) in [7, 11) is 0. The molecule has 4 aromatic carbocycles. The monoisotopic (exact) mass is 481 g/mol. The van der Waals surface area contributed by atoms with E-state index in [1.807, 2.05) is 11.8 Å². The molecule has 1 aliphatic rings. The van der Waals surface area contributed by atoms with E-state index in [2.05, 4.69) is 116 Å². The van der Waals surface area contributed by atoms with Gasteiger partial charge in [-0.1, -0.05) is 80.0 Å². The van der Waals surface area contributed by atoms with Crippen molar-refractivity contribution in [1.29, 1.82) is 0 Å². The maximum atomic E-state index is 3.62. The Labute approximate surface area is 173 Å². The smallest absolute Gasteiger partial charge is 0.0602 e. The number of benzene rings is 4. The first-order valence-electron chi connectivity index (χ1n) is 8.25. The molecule has 0 aromatic heterocycles. The van der Waals surface area contributed by atoms with Crippen LogP contribution in [0.25, 0.3) is 10.8 Å². The fourth-order valence-corrected chi connectivity index (χ4v) is 5.58. The zero-order chi connectivity index (χ0) is 17.7. The van der Waals surface area contributed by atoms with Crippen LogP contribution in [-0.2, 0) is 0 Å². The van der Waals surface area contributed by atoms with Crippen molar-refractivity contribution in [3.8, 4) is 0 Å². The number of halogens is 2. The maximum Gasteiger partial charge on any atom is 0.0602 e. The highest BCUT2D eigenvalue weighted by atomic mass is 79.9. The molecule has 0 fully saturated rings. The van der Waals surface area contributed by atoms with Crippen LogP contribution in [0, 0.1) is 0 Å². The van der Waals surface area contributed by atoms with E-state index < -0.39 is 0 Å². The van der Waals surface area contributed by atoms with E-state index in [-0.39, 0.29) is 0 Å². The molecule has 0 aliphatic carbocycles. The van der Waals surface area contributed by atoms with Gasteiger partial charge in [0.25, 0.3) is 0 Å². The summed E-state index contributed by atoms with van der Waals surface area (Å²) in [5, 5.41) is 2.50. The van der Waals surface area contributed by atoms with Crippen molar-refractivity contribution in [3.63, 3.8) is 0 Å². The third-order valence-electron chi connectivity index (χ3n) is 4.55. The molecule has 0 unspecified atom stereocenters. The number of fused-ring (bicyclic) bond motifs is 3. The highest BCUT2D eigenvalue weighted by molar-refractivity contribution is 9.10. The van der Waals surface area contributed by atoms with Crippen molar-refractivity contribution in [2.24, 2.45) is 0 Å². The molecule has 0 N–H and O–H groups in total. The van der Waals surface area contributed by atoms with Gasteiger partial charge in [-0.3, -0.25) is 0 Å². The quantitative estimate of drug-likeness (QED) is 0.236. The number of hydrogen-bond donors (Lipinski definition) is 0. The third kappa shape index (κ3) is 2.68. The van der Waals surface area contributed by atoms with Crippen LogP contribution in [0.3, 0.4) is 0 Å². The summed E-state index contributed by atoms with van der Waals surface area (Å²) in [6.45, 7) is 0. The van der Waals surface area contributed by atoms with Crippen molar-refractivity contribution >= 4 is 71.5 Å². The first-order valence-corrected chi connectivity index (χ1v) is 10.7. The lowest BCUT2D eigenvalue weighted by Gasteiger charge is -2.33. The third-order valence-corrected chi connectivity index (χ3v) is 6.63.